The molecule has 0 radical (unpaired) electrons. The number of fused-ring (bicyclic) bond motifs is 1. The standard InChI is InChI=1S/C31H26ClNO6/c1-17(2)16-38-31(37)19-7-10-23(11-8-19)33-27(20-6-4-5-18(3)13-20)26(29(35)30(33)36)28(34)25-15-21-14-22(32)9-12-24(21)39-25/h4-15,17,27,35H,16H2,1-3H3. The van der Waals surface area contributed by atoms with E-state index in [0.717, 1.165) is 5.56 Å². The summed E-state index contributed by atoms with van der Waals surface area (Å²) in [6.45, 7) is 6.08. The van der Waals surface area contributed by atoms with Gasteiger partial charge in [0.05, 0.1) is 23.8 Å². The van der Waals surface area contributed by atoms with Crippen molar-refractivity contribution in [3.05, 3.63) is 112 Å². The lowest BCUT2D eigenvalue weighted by Crippen LogP contribution is -2.31. The molecular formula is C31H26ClNO6. The van der Waals surface area contributed by atoms with Gasteiger partial charge in [-0.15, -0.1) is 0 Å². The van der Waals surface area contributed by atoms with Crippen LogP contribution >= 0.6 is 11.6 Å². The summed E-state index contributed by atoms with van der Waals surface area (Å²) in [5.41, 5.74) is 2.63. The number of aryl methyl sites for hydroxylation is 1. The van der Waals surface area contributed by atoms with E-state index in [4.69, 9.17) is 20.8 Å². The van der Waals surface area contributed by atoms with Crippen molar-refractivity contribution >= 4 is 45.9 Å². The highest BCUT2D eigenvalue weighted by molar-refractivity contribution is 6.31. The van der Waals surface area contributed by atoms with Crippen LogP contribution in [0.4, 0.5) is 5.69 Å². The molecule has 0 saturated carbocycles. The number of nitrogens with zero attached hydrogens (tertiary/aromatic N) is 1. The fraction of sp³-hybridized carbons (Fsp3) is 0.194. The molecule has 1 aromatic heterocycles. The van der Waals surface area contributed by atoms with Gasteiger partial charge in [0.15, 0.2) is 11.5 Å². The Morgan fingerprint density at radius 2 is 1.79 bits per heavy atom. The summed E-state index contributed by atoms with van der Waals surface area (Å²) in [7, 11) is 0. The monoisotopic (exact) mass is 543 g/mol. The molecule has 7 nitrogen and oxygen atoms in total. The van der Waals surface area contributed by atoms with E-state index in [-0.39, 0.29) is 23.9 Å². The lowest BCUT2D eigenvalue weighted by Gasteiger charge is -2.27. The first-order valence-corrected chi connectivity index (χ1v) is 12.9. The smallest absolute Gasteiger partial charge is 0.338 e. The maximum absolute atomic E-state index is 13.8. The molecule has 1 amide bonds. The van der Waals surface area contributed by atoms with Crippen molar-refractivity contribution in [1.29, 1.82) is 0 Å². The summed E-state index contributed by atoms with van der Waals surface area (Å²) in [6.07, 6.45) is 0. The van der Waals surface area contributed by atoms with Gasteiger partial charge in [0.1, 0.15) is 5.58 Å². The van der Waals surface area contributed by atoms with Crippen LogP contribution in [0.15, 0.2) is 88.5 Å². The van der Waals surface area contributed by atoms with Gasteiger partial charge in [-0.25, -0.2) is 4.79 Å². The SMILES string of the molecule is Cc1cccc(C2C(C(=O)c3cc4cc(Cl)ccc4o3)=C(O)C(=O)N2c2ccc(C(=O)OCC(C)C)cc2)c1. The molecule has 5 rings (SSSR count). The Morgan fingerprint density at radius 3 is 2.49 bits per heavy atom. The average Bonchev–Trinajstić information content (AvgIpc) is 3.45. The maximum Gasteiger partial charge on any atom is 0.338 e. The number of hydrogen-bond donors (Lipinski definition) is 1. The molecule has 198 valence electrons. The Hall–Kier alpha value is -4.36. The van der Waals surface area contributed by atoms with Gasteiger partial charge >= 0.3 is 5.97 Å². The molecule has 0 bridgehead atoms. The number of anilines is 1. The van der Waals surface area contributed by atoms with Gasteiger partial charge in [-0.3, -0.25) is 14.5 Å². The lowest BCUT2D eigenvalue weighted by molar-refractivity contribution is -0.117. The third-order valence-electron chi connectivity index (χ3n) is 6.44. The average molecular weight is 544 g/mol. The van der Waals surface area contributed by atoms with Crippen molar-refractivity contribution in [2.24, 2.45) is 5.92 Å². The number of carbonyl (C=O) groups excluding carboxylic acids is 3. The fourth-order valence-electron chi connectivity index (χ4n) is 4.60. The van der Waals surface area contributed by atoms with Gasteiger partial charge in [0, 0.05) is 16.1 Å². The number of benzene rings is 3. The minimum Gasteiger partial charge on any atom is -0.503 e. The van der Waals surface area contributed by atoms with Crippen LogP contribution in [0.25, 0.3) is 11.0 Å². The van der Waals surface area contributed by atoms with E-state index < -0.39 is 29.5 Å². The van der Waals surface area contributed by atoms with Crippen LogP contribution < -0.4 is 4.90 Å². The van der Waals surface area contributed by atoms with Gasteiger partial charge in [-0.05, 0) is 66.9 Å². The second-order valence-electron chi connectivity index (χ2n) is 9.92. The van der Waals surface area contributed by atoms with Crippen LogP contribution in [0, 0.1) is 12.8 Å². The maximum atomic E-state index is 13.8. The molecule has 8 heteroatoms. The number of Topliss-reactive ketones (excluding diaryl/α,β-unsaturated/α-hetero) is 1. The van der Waals surface area contributed by atoms with Gasteiger partial charge in [-0.1, -0.05) is 55.3 Å². The first kappa shape index (κ1) is 26.3. The summed E-state index contributed by atoms with van der Waals surface area (Å²) in [5, 5.41) is 12.1. The number of esters is 1. The molecule has 1 aliphatic heterocycles. The number of ether oxygens (including phenoxy) is 1. The van der Waals surface area contributed by atoms with E-state index >= 15 is 0 Å². The molecular weight excluding hydrogens is 518 g/mol. The van der Waals surface area contributed by atoms with Crippen LogP contribution in [0.3, 0.4) is 0 Å². The number of rotatable bonds is 7. The number of halogens is 1. The number of furan rings is 1. The third-order valence-corrected chi connectivity index (χ3v) is 6.68. The molecule has 39 heavy (non-hydrogen) atoms. The van der Waals surface area contributed by atoms with Crippen LogP contribution in [-0.4, -0.2) is 29.4 Å². The van der Waals surface area contributed by atoms with Gasteiger partial charge in [0.25, 0.3) is 5.91 Å². The van der Waals surface area contributed by atoms with Crippen LogP contribution in [0.2, 0.25) is 5.02 Å². The van der Waals surface area contributed by atoms with E-state index in [2.05, 4.69) is 0 Å². The third kappa shape index (κ3) is 5.05. The predicted octanol–water partition coefficient (Wildman–Crippen LogP) is 6.99. The van der Waals surface area contributed by atoms with Gasteiger partial charge in [-0.2, -0.15) is 0 Å². The molecule has 3 aromatic carbocycles. The predicted molar refractivity (Wildman–Crippen MR) is 148 cm³/mol. The Morgan fingerprint density at radius 1 is 1.05 bits per heavy atom. The van der Waals surface area contributed by atoms with Crippen molar-refractivity contribution in [3.8, 4) is 0 Å². The molecule has 0 spiro atoms. The highest BCUT2D eigenvalue weighted by Crippen LogP contribution is 2.42. The molecule has 1 atom stereocenters. The quantitative estimate of drug-likeness (QED) is 0.199. The number of aliphatic hydroxyl groups is 1. The molecule has 2 heterocycles. The Kier molecular flexibility index (Phi) is 7.02. The topological polar surface area (TPSA) is 97.0 Å². The van der Waals surface area contributed by atoms with E-state index in [1.54, 1.807) is 54.6 Å². The minimum atomic E-state index is -0.930. The summed E-state index contributed by atoms with van der Waals surface area (Å²) in [6, 6.07) is 19.2. The summed E-state index contributed by atoms with van der Waals surface area (Å²) in [4.78, 5) is 41.0. The molecule has 0 aliphatic carbocycles. The fourth-order valence-corrected chi connectivity index (χ4v) is 4.78. The van der Waals surface area contributed by atoms with Crippen LogP contribution in [0.1, 0.15) is 51.9 Å². The zero-order valence-electron chi connectivity index (χ0n) is 21.6. The molecule has 0 fully saturated rings. The normalized spacial score (nSPS) is 15.5. The number of aliphatic hydroxyl groups excluding tert-OH is 1. The lowest BCUT2D eigenvalue weighted by atomic mass is 9.93. The van der Waals surface area contributed by atoms with Gasteiger partial charge in [0.2, 0.25) is 5.78 Å². The number of hydrogen-bond acceptors (Lipinski definition) is 6. The number of amides is 1. The zero-order chi connectivity index (χ0) is 27.8. The van der Waals surface area contributed by atoms with E-state index in [1.165, 1.54) is 4.90 Å². The van der Waals surface area contributed by atoms with E-state index in [9.17, 15) is 19.5 Å². The Bertz CT molecular complexity index is 1630. The number of ketones is 1. The Balaban J connectivity index is 1.55. The zero-order valence-corrected chi connectivity index (χ0v) is 22.4. The van der Waals surface area contributed by atoms with E-state index in [0.29, 0.717) is 32.8 Å². The van der Waals surface area contributed by atoms with Crippen LogP contribution in [-0.2, 0) is 9.53 Å². The van der Waals surface area contributed by atoms with Crippen LogP contribution in [0.5, 0.6) is 0 Å². The largest absolute Gasteiger partial charge is 0.503 e. The summed E-state index contributed by atoms with van der Waals surface area (Å²) in [5.74, 6) is -2.32. The minimum absolute atomic E-state index is 0.0237. The van der Waals surface area contributed by atoms with Crippen molar-refractivity contribution in [2.75, 3.05) is 11.5 Å². The second kappa shape index (κ2) is 10.4. The first-order valence-electron chi connectivity index (χ1n) is 12.5. The molecule has 4 aromatic rings. The summed E-state index contributed by atoms with van der Waals surface area (Å²) >= 11 is 6.09. The Labute approximate surface area is 230 Å². The highest BCUT2D eigenvalue weighted by Gasteiger charge is 2.45. The second-order valence-corrected chi connectivity index (χ2v) is 10.4. The van der Waals surface area contributed by atoms with Crippen molar-refractivity contribution in [3.63, 3.8) is 0 Å². The van der Waals surface area contributed by atoms with Crippen molar-refractivity contribution < 1.29 is 28.6 Å². The molecule has 1 unspecified atom stereocenters. The summed E-state index contributed by atoms with van der Waals surface area (Å²) < 4.78 is 11.1. The van der Waals surface area contributed by atoms with Crippen molar-refractivity contribution in [1.82, 2.24) is 0 Å². The van der Waals surface area contributed by atoms with Crippen molar-refractivity contribution in [2.45, 2.75) is 26.8 Å². The molecule has 0 saturated heterocycles. The molecule has 1 N–H and O–H groups in total. The number of carbonyl (C=O) groups is 3. The van der Waals surface area contributed by atoms with E-state index in [1.807, 2.05) is 39.0 Å². The molecule has 1 aliphatic rings. The highest BCUT2D eigenvalue weighted by atomic mass is 35.5. The van der Waals surface area contributed by atoms with Gasteiger partial charge < -0.3 is 14.3 Å². The first-order chi connectivity index (χ1) is 18.6.